The zero-order valence-corrected chi connectivity index (χ0v) is 17.2. The van der Waals surface area contributed by atoms with Gasteiger partial charge < -0.3 is 15.4 Å². The van der Waals surface area contributed by atoms with E-state index in [0.717, 1.165) is 22.7 Å². The van der Waals surface area contributed by atoms with E-state index >= 15 is 0 Å². The highest BCUT2D eigenvalue weighted by molar-refractivity contribution is 9.10. The van der Waals surface area contributed by atoms with E-state index in [4.69, 9.17) is 4.74 Å². The molecule has 2 amide bonds. The van der Waals surface area contributed by atoms with Crippen LogP contribution in [0.4, 0.5) is 24.5 Å². The third-order valence-electron chi connectivity index (χ3n) is 3.75. The number of esters is 1. The summed E-state index contributed by atoms with van der Waals surface area (Å²) in [6.45, 7) is -0.639. The van der Waals surface area contributed by atoms with Crippen molar-refractivity contribution < 1.29 is 32.3 Å². The highest BCUT2D eigenvalue weighted by Gasteiger charge is 2.30. The molecule has 0 bridgehead atoms. The number of halogens is 4. The molecule has 0 aliphatic carbocycles. The lowest BCUT2D eigenvalue weighted by molar-refractivity contribution is -0.147. The number of carbonyl (C=O) groups is 3. The standard InChI is InChI=1S/C20H18BrF3N2O4/c21-14-7-9-15(10-8-14)25-17(27)5-2-6-19(29)30-12-18(28)26-16-4-1-3-13(11-16)20(22,23)24/h1,3-4,7-11H,2,5-6,12H2,(H,25,27)(H,26,28). The number of ether oxygens (including phenoxy) is 1. The Bertz CT molecular complexity index is 902. The first-order valence-corrected chi connectivity index (χ1v) is 9.61. The maximum atomic E-state index is 12.7. The number of benzene rings is 2. The first-order valence-electron chi connectivity index (χ1n) is 8.81. The Balaban J connectivity index is 1.67. The smallest absolute Gasteiger partial charge is 0.416 e. The molecule has 0 heterocycles. The number of anilines is 2. The van der Waals surface area contributed by atoms with E-state index in [1.165, 1.54) is 6.07 Å². The summed E-state index contributed by atoms with van der Waals surface area (Å²) in [7, 11) is 0. The van der Waals surface area contributed by atoms with Crippen LogP contribution in [0.3, 0.4) is 0 Å². The second-order valence-corrected chi connectivity index (χ2v) is 7.11. The number of carbonyl (C=O) groups excluding carboxylic acids is 3. The summed E-state index contributed by atoms with van der Waals surface area (Å²) >= 11 is 3.29. The number of rotatable bonds is 8. The van der Waals surface area contributed by atoms with Crippen LogP contribution in [0.25, 0.3) is 0 Å². The third-order valence-corrected chi connectivity index (χ3v) is 4.28. The maximum absolute atomic E-state index is 12.7. The summed E-state index contributed by atoms with van der Waals surface area (Å²) in [5.41, 5.74) is -0.341. The quantitative estimate of drug-likeness (QED) is 0.526. The molecular weight excluding hydrogens is 469 g/mol. The molecule has 0 saturated carbocycles. The van der Waals surface area contributed by atoms with Crippen LogP contribution in [0, 0.1) is 0 Å². The van der Waals surface area contributed by atoms with Gasteiger partial charge in [0.2, 0.25) is 5.91 Å². The van der Waals surface area contributed by atoms with Gasteiger partial charge in [-0.25, -0.2) is 0 Å². The van der Waals surface area contributed by atoms with Gasteiger partial charge in [0, 0.05) is 28.7 Å². The van der Waals surface area contributed by atoms with Crippen LogP contribution in [-0.4, -0.2) is 24.4 Å². The lowest BCUT2D eigenvalue weighted by Gasteiger charge is -2.10. The summed E-state index contributed by atoms with van der Waals surface area (Å²) in [6, 6.07) is 11.1. The average molecular weight is 487 g/mol. The van der Waals surface area contributed by atoms with Crippen LogP contribution < -0.4 is 10.6 Å². The van der Waals surface area contributed by atoms with Crippen molar-refractivity contribution in [1.29, 1.82) is 0 Å². The molecule has 2 N–H and O–H groups in total. The van der Waals surface area contributed by atoms with Crippen LogP contribution in [-0.2, 0) is 25.3 Å². The minimum Gasteiger partial charge on any atom is -0.456 e. The Kier molecular flexibility index (Phi) is 8.40. The van der Waals surface area contributed by atoms with Gasteiger partial charge in [0.15, 0.2) is 6.61 Å². The van der Waals surface area contributed by atoms with E-state index in [9.17, 15) is 27.6 Å². The zero-order chi connectivity index (χ0) is 22.1. The van der Waals surface area contributed by atoms with E-state index < -0.39 is 30.2 Å². The number of amides is 2. The van der Waals surface area contributed by atoms with E-state index in [2.05, 4.69) is 26.6 Å². The van der Waals surface area contributed by atoms with Gasteiger partial charge in [-0.3, -0.25) is 14.4 Å². The number of nitrogens with one attached hydrogen (secondary N) is 2. The molecule has 6 nitrogen and oxygen atoms in total. The summed E-state index contributed by atoms with van der Waals surface area (Å²) in [5, 5.41) is 4.91. The monoisotopic (exact) mass is 486 g/mol. The number of hydrogen-bond donors (Lipinski definition) is 2. The molecule has 0 radical (unpaired) electrons. The number of hydrogen-bond acceptors (Lipinski definition) is 4. The lowest BCUT2D eigenvalue weighted by atomic mass is 10.2. The van der Waals surface area contributed by atoms with Crippen molar-refractivity contribution in [2.24, 2.45) is 0 Å². The first-order chi connectivity index (χ1) is 14.1. The fourth-order valence-electron chi connectivity index (χ4n) is 2.34. The van der Waals surface area contributed by atoms with Crippen molar-refractivity contribution in [3.8, 4) is 0 Å². The molecule has 10 heteroatoms. The van der Waals surface area contributed by atoms with Gasteiger partial charge in [-0.2, -0.15) is 13.2 Å². The summed E-state index contributed by atoms with van der Waals surface area (Å²) in [4.78, 5) is 35.3. The fourth-order valence-corrected chi connectivity index (χ4v) is 2.60. The van der Waals surface area contributed by atoms with E-state index in [1.807, 2.05) is 0 Å². The Hall–Kier alpha value is -2.88. The van der Waals surface area contributed by atoms with Crippen molar-refractivity contribution in [2.45, 2.75) is 25.4 Å². The van der Waals surface area contributed by atoms with Crippen LogP contribution >= 0.6 is 15.9 Å². The highest BCUT2D eigenvalue weighted by Crippen LogP contribution is 2.30. The topological polar surface area (TPSA) is 84.5 Å². The summed E-state index contributed by atoms with van der Waals surface area (Å²) < 4.78 is 43.6. The van der Waals surface area contributed by atoms with Crippen molar-refractivity contribution >= 4 is 45.1 Å². The molecule has 0 unspecified atom stereocenters. The summed E-state index contributed by atoms with van der Waals surface area (Å²) in [6.07, 6.45) is -4.31. The minimum atomic E-state index is -4.53. The van der Waals surface area contributed by atoms with Crippen molar-refractivity contribution in [3.05, 3.63) is 58.6 Å². The van der Waals surface area contributed by atoms with Gasteiger partial charge in [-0.05, 0) is 48.9 Å². The van der Waals surface area contributed by atoms with Gasteiger partial charge in [0.05, 0.1) is 5.56 Å². The van der Waals surface area contributed by atoms with Crippen LogP contribution in [0.5, 0.6) is 0 Å². The van der Waals surface area contributed by atoms with Crippen LogP contribution in [0.1, 0.15) is 24.8 Å². The van der Waals surface area contributed by atoms with Gasteiger partial charge in [-0.15, -0.1) is 0 Å². The zero-order valence-electron chi connectivity index (χ0n) is 15.6. The Morgan fingerprint density at radius 3 is 2.23 bits per heavy atom. The first kappa shape index (κ1) is 23.4. The van der Waals surface area contributed by atoms with Gasteiger partial charge in [0.1, 0.15) is 0 Å². The molecule has 30 heavy (non-hydrogen) atoms. The Morgan fingerprint density at radius 1 is 0.900 bits per heavy atom. The van der Waals surface area contributed by atoms with Crippen molar-refractivity contribution in [2.75, 3.05) is 17.2 Å². The molecule has 2 aromatic rings. The lowest BCUT2D eigenvalue weighted by Crippen LogP contribution is -2.21. The third kappa shape index (κ3) is 8.24. The fraction of sp³-hybridized carbons (Fsp3) is 0.250. The molecular formula is C20H18BrF3N2O4. The van der Waals surface area contributed by atoms with E-state index in [0.29, 0.717) is 5.69 Å². The van der Waals surface area contributed by atoms with E-state index in [1.54, 1.807) is 24.3 Å². The molecule has 0 aromatic heterocycles. The largest absolute Gasteiger partial charge is 0.456 e. The SMILES string of the molecule is O=C(CCCC(=O)OCC(=O)Nc1cccc(C(F)(F)F)c1)Nc1ccc(Br)cc1. The van der Waals surface area contributed by atoms with Crippen LogP contribution in [0.2, 0.25) is 0 Å². The second-order valence-electron chi connectivity index (χ2n) is 6.20. The predicted octanol–water partition coefficient (Wildman–Crippen LogP) is 4.76. The minimum absolute atomic E-state index is 0.0597. The molecule has 0 atom stereocenters. The molecule has 2 aromatic carbocycles. The molecule has 0 aliphatic heterocycles. The number of alkyl halides is 3. The highest BCUT2D eigenvalue weighted by atomic mass is 79.9. The summed E-state index contributed by atoms with van der Waals surface area (Å²) in [5.74, 6) is -1.73. The molecule has 160 valence electrons. The average Bonchev–Trinajstić information content (AvgIpc) is 2.68. The molecule has 0 spiro atoms. The van der Waals surface area contributed by atoms with Crippen molar-refractivity contribution in [3.63, 3.8) is 0 Å². The second kappa shape index (κ2) is 10.8. The van der Waals surface area contributed by atoms with E-state index in [-0.39, 0.29) is 30.9 Å². The Morgan fingerprint density at radius 2 is 1.57 bits per heavy atom. The molecule has 0 aliphatic rings. The van der Waals surface area contributed by atoms with Gasteiger partial charge in [-0.1, -0.05) is 22.0 Å². The van der Waals surface area contributed by atoms with Gasteiger partial charge in [0.25, 0.3) is 5.91 Å². The maximum Gasteiger partial charge on any atom is 0.416 e. The van der Waals surface area contributed by atoms with Crippen LogP contribution in [0.15, 0.2) is 53.0 Å². The Labute approximate surface area is 178 Å². The molecule has 2 rings (SSSR count). The van der Waals surface area contributed by atoms with Crippen molar-refractivity contribution in [1.82, 2.24) is 0 Å². The predicted molar refractivity (Wildman–Crippen MR) is 108 cm³/mol. The normalized spacial score (nSPS) is 10.9. The molecule has 0 fully saturated rings. The molecule has 0 saturated heterocycles. The van der Waals surface area contributed by atoms with Gasteiger partial charge >= 0.3 is 12.1 Å².